The minimum absolute atomic E-state index is 0.648. The van der Waals surface area contributed by atoms with Crippen LogP contribution in [0.2, 0.25) is 0 Å². The second-order valence-corrected chi connectivity index (χ2v) is 1.79. The van der Waals surface area contributed by atoms with E-state index in [1.807, 2.05) is 7.05 Å². The summed E-state index contributed by atoms with van der Waals surface area (Å²) in [7, 11) is 3.62. The second kappa shape index (κ2) is 1.93. The molecule has 0 aliphatic rings. The summed E-state index contributed by atoms with van der Waals surface area (Å²) in [4.78, 5) is 0. The predicted octanol–water partition coefficient (Wildman–Crippen LogP) is -1.47. The van der Waals surface area contributed by atoms with Gasteiger partial charge in [0.05, 0.1) is 0 Å². The van der Waals surface area contributed by atoms with Crippen LogP contribution in [0, 0.1) is 0 Å². The fourth-order valence-electron chi connectivity index (χ4n) is 0.661. The average molecular weight is 127 g/mol. The highest BCUT2D eigenvalue weighted by molar-refractivity contribution is 4.59. The van der Waals surface area contributed by atoms with Crippen LogP contribution in [0.5, 0.6) is 0 Å². The third kappa shape index (κ3) is 0.802. The van der Waals surface area contributed by atoms with Gasteiger partial charge in [0, 0.05) is 14.1 Å². The van der Waals surface area contributed by atoms with Crippen LogP contribution in [-0.4, -0.2) is 14.3 Å². The maximum Gasteiger partial charge on any atom is 0.243 e. The zero-order valence-electron chi connectivity index (χ0n) is 5.44. The summed E-state index contributed by atoms with van der Waals surface area (Å²) < 4.78 is 3.33. The maximum absolute atomic E-state index is 5.04. The van der Waals surface area contributed by atoms with E-state index in [0.29, 0.717) is 5.62 Å². The van der Waals surface area contributed by atoms with Crippen molar-refractivity contribution in [1.29, 1.82) is 0 Å². The van der Waals surface area contributed by atoms with E-state index in [2.05, 4.69) is 10.2 Å². The number of aromatic nitrogens is 3. The molecule has 0 atom stereocenters. The number of aryl methyl sites for hydroxylation is 2. The molecule has 0 saturated carbocycles. The summed E-state index contributed by atoms with van der Waals surface area (Å²) in [5.74, 6) is 5.04. The van der Waals surface area contributed by atoms with Crippen LogP contribution in [0.1, 0.15) is 0 Å². The van der Waals surface area contributed by atoms with Crippen LogP contribution in [0.25, 0.3) is 0 Å². The molecule has 0 fully saturated rings. The minimum atomic E-state index is 0.648. The van der Waals surface area contributed by atoms with Crippen molar-refractivity contribution in [3.8, 4) is 0 Å². The molecule has 0 saturated heterocycles. The molecular weight excluding hydrogens is 118 g/mol. The van der Waals surface area contributed by atoms with Crippen LogP contribution in [-0.2, 0) is 14.1 Å². The topological polar surface area (TPSA) is 61.1 Å². The standard InChI is InChI=1S/C4H9N5/c1-8-3-6-9(2)4(8)7-5/h3H,5H2,1-2H3/b7-4-. The van der Waals surface area contributed by atoms with Crippen molar-refractivity contribution in [2.45, 2.75) is 0 Å². The lowest BCUT2D eigenvalue weighted by atomic mass is 11.0. The van der Waals surface area contributed by atoms with Gasteiger partial charge in [-0.1, -0.05) is 0 Å². The van der Waals surface area contributed by atoms with Gasteiger partial charge in [0.25, 0.3) is 0 Å². The van der Waals surface area contributed by atoms with Gasteiger partial charge in [-0.15, -0.1) is 5.10 Å². The van der Waals surface area contributed by atoms with Crippen LogP contribution in [0.3, 0.4) is 0 Å². The number of hydrogen-bond donors (Lipinski definition) is 1. The Hall–Kier alpha value is -1.26. The Balaban J connectivity index is 3.42. The first-order valence-corrected chi connectivity index (χ1v) is 2.54. The van der Waals surface area contributed by atoms with Crippen molar-refractivity contribution >= 4 is 0 Å². The summed E-state index contributed by atoms with van der Waals surface area (Å²) in [6, 6.07) is 0. The Bertz CT molecular complexity index is 232. The van der Waals surface area contributed by atoms with Crippen molar-refractivity contribution in [2.24, 2.45) is 25.0 Å². The van der Waals surface area contributed by atoms with Gasteiger partial charge in [-0.2, -0.15) is 5.10 Å². The molecule has 5 nitrogen and oxygen atoms in total. The van der Waals surface area contributed by atoms with Gasteiger partial charge in [0.2, 0.25) is 5.62 Å². The van der Waals surface area contributed by atoms with Crippen molar-refractivity contribution in [3.05, 3.63) is 11.9 Å². The zero-order valence-corrected chi connectivity index (χ0v) is 5.44. The highest BCUT2D eigenvalue weighted by Gasteiger charge is 1.89. The van der Waals surface area contributed by atoms with E-state index < -0.39 is 0 Å². The molecule has 0 spiro atoms. The molecule has 1 aromatic heterocycles. The SMILES string of the molecule is Cn1cnn(C)/c1=N\N. The Labute approximate surface area is 52.4 Å². The van der Waals surface area contributed by atoms with Gasteiger partial charge < -0.3 is 10.4 Å². The smallest absolute Gasteiger partial charge is 0.243 e. The predicted molar refractivity (Wildman–Crippen MR) is 31.9 cm³/mol. The Morgan fingerprint density at radius 1 is 1.67 bits per heavy atom. The molecule has 1 aromatic rings. The van der Waals surface area contributed by atoms with E-state index in [4.69, 9.17) is 5.84 Å². The van der Waals surface area contributed by atoms with Gasteiger partial charge in [-0.05, 0) is 0 Å². The van der Waals surface area contributed by atoms with Gasteiger partial charge in [-0.3, -0.25) is 0 Å². The van der Waals surface area contributed by atoms with E-state index in [9.17, 15) is 0 Å². The number of rotatable bonds is 0. The molecule has 0 aliphatic heterocycles. The fourth-order valence-corrected chi connectivity index (χ4v) is 0.661. The molecular formula is C4H9N5. The lowest BCUT2D eigenvalue weighted by Crippen LogP contribution is -2.24. The Morgan fingerprint density at radius 3 is 2.56 bits per heavy atom. The number of nitrogens with two attached hydrogens (primary N) is 1. The lowest BCUT2D eigenvalue weighted by Gasteiger charge is -1.86. The van der Waals surface area contributed by atoms with E-state index in [1.165, 1.54) is 0 Å². The van der Waals surface area contributed by atoms with Crippen molar-refractivity contribution in [2.75, 3.05) is 0 Å². The monoisotopic (exact) mass is 127 g/mol. The van der Waals surface area contributed by atoms with Gasteiger partial charge in [0.15, 0.2) is 0 Å². The summed E-state index contributed by atoms with van der Waals surface area (Å²) in [5.41, 5.74) is 0.648. The molecule has 0 unspecified atom stereocenters. The van der Waals surface area contributed by atoms with E-state index in [1.54, 1.807) is 22.6 Å². The molecule has 0 aromatic carbocycles. The third-order valence-electron chi connectivity index (χ3n) is 1.12. The zero-order chi connectivity index (χ0) is 6.85. The average Bonchev–Trinajstić information content (AvgIpc) is 2.12. The van der Waals surface area contributed by atoms with Crippen molar-refractivity contribution in [1.82, 2.24) is 14.3 Å². The molecule has 0 amide bonds. The molecule has 0 radical (unpaired) electrons. The molecule has 1 rings (SSSR count). The summed E-state index contributed by atoms with van der Waals surface area (Å²) in [6.07, 6.45) is 1.64. The number of hydrogen-bond acceptors (Lipinski definition) is 3. The Morgan fingerprint density at radius 2 is 2.33 bits per heavy atom. The molecule has 9 heavy (non-hydrogen) atoms. The largest absolute Gasteiger partial charge is 0.320 e. The quantitative estimate of drug-likeness (QED) is 0.342. The van der Waals surface area contributed by atoms with Crippen molar-refractivity contribution in [3.63, 3.8) is 0 Å². The molecule has 1 heterocycles. The van der Waals surface area contributed by atoms with Crippen LogP contribution < -0.4 is 11.5 Å². The van der Waals surface area contributed by atoms with Gasteiger partial charge in [0.1, 0.15) is 6.33 Å². The first-order chi connectivity index (χ1) is 4.25. The lowest BCUT2D eigenvalue weighted by molar-refractivity contribution is 0.679. The first kappa shape index (κ1) is 5.87. The third-order valence-corrected chi connectivity index (χ3v) is 1.12. The first-order valence-electron chi connectivity index (χ1n) is 2.54. The summed E-state index contributed by atoms with van der Waals surface area (Å²) in [5, 5.41) is 7.39. The fraction of sp³-hybridized carbons (Fsp3) is 0.500. The molecule has 5 heteroatoms. The number of nitrogens with zero attached hydrogens (tertiary/aromatic N) is 4. The van der Waals surface area contributed by atoms with Crippen LogP contribution in [0.15, 0.2) is 11.4 Å². The molecule has 0 bridgehead atoms. The summed E-state index contributed by atoms with van der Waals surface area (Å²) >= 11 is 0. The molecule has 50 valence electrons. The van der Waals surface area contributed by atoms with Crippen LogP contribution >= 0.6 is 0 Å². The van der Waals surface area contributed by atoms with E-state index in [0.717, 1.165) is 0 Å². The van der Waals surface area contributed by atoms with E-state index >= 15 is 0 Å². The highest BCUT2D eigenvalue weighted by Crippen LogP contribution is 1.65. The van der Waals surface area contributed by atoms with Gasteiger partial charge >= 0.3 is 0 Å². The maximum atomic E-state index is 5.04. The Kier molecular flexibility index (Phi) is 1.26. The van der Waals surface area contributed by atoms with Crippen molar-refractivity contribution < 1.29 is 0 Å². The normalized spacial score (nSPS) is 12.4. The minimum Gasteiger partial charge on any atom is -0.320 e. The highest BCUT2D eigenvalue weighted by atomic mass is 15.4. The molecule has 0 aliphatic carbocycles. The van der Waals surface area contributed by atoms with E-state index in [-0.39, 0.29) is 0 Å². The van der Waals surface area contributed by atoms with Crippen LogP contribution in [0.4, 0.5) is 0 Å². The second-order valence-electron chi connectivity index (χ2n) is 1.79. The molecule has 2 N–H and O–H groups in total. The van der Waals surface area contributed by atoms with Gasteiger partial charge in [-0.25, -0.2) is 4.68 Å². The summed E-state index contributed by atoms with van der Waals surface area (Å²) in [6.45, 7) is 0.